The molecule has 0 saturated carbocycles. The molecule has 2 heterocycles. The molecule has 0 unspecified atom stereocenters. The van der Waals surface area contributed by atoms with Gasteiger partial charge in [-0.25, -0.2) is 4.98 Å². The molecule has 0 aliphatic carbocycles. The summed E-state index contributed by atoms with van der Waals surface area (Å²) in [5.74, 6) is 0.0390. The number of hydrogen-bond donors (Lipinski definition) is 2. The van der Waals surface area contributed by atoms with Crippen molar-refractivity contribution in [2.75, 3.05) is 0 Å². The van der Waals surface area contributed by atoms with Gasteiger partial charge >= 0.3 is 0 Å². The summed E-state index contributed by atoms with van der Waals surface area (Å²) in [5, 5.41) is 3.04. The van der Waals surface area contributed by atoms with Gasteiger partial charge in [-0.2, -0.15) is 0 Å². The number of carbonyl (C=O) groups excluding carboxylic acids is 1. The molecule has 5 nitrogen and oxygen atoms in total. The number of hydrogen-bond acceptors (Lipinski definition) is 3. The van der Waals surface area contributed by atoms with Crippen molar-refractivity contribution < 1.29 is 9.21 Å². The van der Waals surface area contributed by atoms with Crippen LogP contribution in [0.3, 0.4) is 0 Å². The van der Waals surface area contributed by atoms with Gasteiger partial charge < -0.3 is 14.7 Å². The van der Waals surface area contributed by atoms with Crippen molar-refractivity contribution in [3.05, 3.63) is 90.1 Å². The van der Waals surface area contributed by atoms with E-state index in [1.54, 1.807) is 18.5 Å². The first-order valence-corrected chi connectivity index (χ1v) is 7.63. The molecule has 5 heteroatoms. The van der Waals surface area contributed by atoms with Crippen LogP contribution in [0.15, 0.2) is 77.7 Å². The van der Waals surface area contributed by atoms with Gasteiger partial charge in [0.1, 0.15) is 0 Å². The summed E-state index contributed by atoms with van der Waals surface area (Å²) in [5.41, 5.74) is 3.79. The minimum Gasteiger partial charge on any atom is -0.459 e. The Morgan fingerprint density at radius 1 is 1.04 bits per heavy atom. The Morgan fingerprint density at radius 2 is 1.92 bits per heavy atom. The van der Waals surface area contributed by atoms with Gasteiger partial charge in [0.2, 0.25) is 0 Å². The number of benzene rings is 2. The average molecular weight is 317 g/mol. The number of aromatic nitrogens is 2. The lowest BCUT2D eigenvalue weighted by atomic mass is 9.98. The number of fused-ring (bicyclic) bond motifs is 1. The van der Waals surface area contributed by atoms with E-state index in [4.69, 9.17) is 4.42 Å². The maximum absolute atomic E-state index is 12.5. The average Bonchev–Trinajstić information content (AvgIpc) is 3.31. The number of carbonyl (C=O) groups is 1. The third-order valence-corrected chi connectivity index (χ3v) is 3.93. The van der Waals surface area contributed by atoms with E-state index in [0.29, 0.717) is 5.76 Å². The predicted octanol–water partition coefficient (Wildman–Crippen LogP) is 3.68. The summed E-state index contributed by atoms with van der Waals surface area (Å²) in [6, 6.07) is 18.8. The highest BCUT2D eigenvalue weighted by atomic mass is 16.3. The van der Waals surface area contributed by atoms with Gasteiger partial charge in [-0.05, 0) is 35.4 Å². The third-order valence-electron chi connectivity index (χ3n) is 3.93. The summed E-state index contributed by atoms with van der Waals surface area (Å²) >= 11 is 0. The zero-order chi connectivity index (χ0) is 16.4. The molecule has 0 spiro atoms. The summed E-state index contributed by atoms with van der Waals surface area (Å²) in [6.45, 7) is 0. The van der Waals surface area contributed by atoms with Gasteiger partial charge in [-0.15, -0.1) is 0 Å². The lowest BCUT2D eigenvalue weighted by Crippen LogP contribution is -2.29. The molecule has 0 fully saturated rings. The SMILES string of the molecule is O=C(N[C@H](c1ccccc1)c1ccc2nc[nH]c2c1)c1ccco1. The van der Waals surface area contributed by atoms with Gasteiger partial charge in [0.25, 0.3) is 5.91 Å². The standard InChI is InChI=1S/C19H15N3O2/c23-19(17-7-4-10-24-17)22-18(13-5-2-1-3-6-13)14-8-9-15-16(11-14)21-12-20-15/h1-12,18H,(H,20,21)(H,22,23)/t18-/m1/s1. The second kappa shape index (κ2) is 6.04. The maximum Gasteiger partial charge on any atom is 0.287 e. The van der Waals surface area contributed by atoms with Crippen LogP contribution in [0.1, 0.15) is 27.7 Å². The fraction of sp³-hybridized carbons (Fsp3) is 0.0526. The van der Waals surface area contributed by atoms with Crippen molar-refractivity contribution >= 4 is 16.9 Å². The van der Waals surface area contributed by atoms with E-state index in [2.05, 4.69) is 15.3 Å². The summed E-state index contributed by atoms with van der Waals surface area (Å²) in [4.78, 5) is 19.8. The Kier molecular flexibility index (Phi) is 3.59. The summed E-state index contributed by atoms with van der Waals surface area (Å²) < 4.78 is 5.20. The number of furan rings is 1. The molecule has 4 aromatic rings. The Bertz CT molecular complexity index is 959. The Labute approximate surface area is 138 Å². The van der Waals surface area contributed by atoms with Gasteiger partial charge in [-0.1, -0.05) is 36.4 Å². The Hall–Kier alpha value is -3.34. The highest BCUT2D eigenvalue weighted by Gasteiger charge is 2.19. The van der Waals surface area contributed by atoms with E-state index in [1.165, 1.54) is 6.26 Å². The lowest BCUT2D eigenvalue weighted by Gasteiger charge is -2.19. The van der Waals surface area contributed by atoms with E-state index < -0.39 is 0 Å². The molecule has 0 aliphatic heterocycles. The first kappa shape index (κ1) is 14.3. The lowest BCUT2D eigenvalue weighted by molar-refractivity contribution is 0.0915. The van der Waals surface area contributed by atoms with E-state index >= 15 is 0 Å². The zero-order valence-electron chi connectivity index (χ0n) is 12.8. The minimum absolute atomic E-state index is 0.251. The van der Waals surface area contributed by atoms with Crippen molar-refractivity contribution in [1.82, 2.24) is 15.3 Å². The summed E-state index contributed by atoms with van der Waals surface area (Å²) in [7, 11) is 0. The van der Waals surface area contributed by atoms with E-state index in [1.807, 2.05) is 48.5 Å². The van der Waals surface area contributed by atoms with Crippen LogP contribution >= 0.6 is 0 Å². The molecular formula is C19H15N3O2. The predicted molar refractivity (Wildman–Crippen MR) is 90.6 cm³/mol. The number of amides is 1. The highest BCUT2D eigenvalue weighted by molar-refractivity contribution is 5.92. The van der Waals surface area contributed by atoms with Gasteiger partial charge in [0, 0.05) is 0 Å². The van der Waals surface area contributed by atoms with E-state index in [9.17, 15) is 4.79 Å². The molecule has 2 N–H and O–H groups in total. The second-order valence-corrected chi connectivity index (χ2v) is 5.47. The van der Waals surface area contributed by atoms with E-state index in [-0.39, 0.29) is 11.9 Å². The smallest absolute Gasteiger partial charge is 0.287 e. The number of imidazole rings is 1. The molecule has 0 radical (unpaired) electrons. The number of aromatic amines is 1. The maximum atomic E-state index is 12.5. The van der Waals surface area contributed by atoms with Crippen molar-refractivity contribution in [3.8, 4) is 0 Å². The first-order valence-electron chi connectivity index (χ1n) is 7.63. The third kappa shape index (κ3) is 2.67. The van der Waals surface area contributed by atoms with Crippen LogP contribution in [0.4, 0.5) is 0 Å². The first-order chi connectivity index (χ1) is 11.8. The molecule has 0 bridgehead atoms. The van der Waals surface area contributed by atoms with E-state index in [0.717, 1.165) is 22.2 Å². The molecular weight excluding hydrogens is 302 g/mol. The zero-order valence-corrected chi connectivity index (χ0v) is 12.8. The molecule has 118 valence electrons. The Balaban J connectivity index is 1.73. The number of nitrogens with zero attached hydrogens (tertiary/aromatic N) is 1. The summed E-state index contributed by atoms with van der Waals surface area (Å²) in [6.07, 6.45) is 3.15. The molecule has 0 saturated heterocycles. The normalized spacial score (nSPS) is 12.2. The van der Waals surface area contributed by atoms with Crippen molar-refractivity contribution in [3.63, 3.8) is 0 Å². The largest absolute Gasteiger partial charge is 0.459 e. The molecule has 24 heavy (non-hydrogen) atoms. The molecule has 2 aromatic heterocycles. The van der Waals surface area contributed by atoms with Crippen LogP contribution in [-0.2, 0) is 0 Å². The quantitative estimate of drug-likeness (QED) is 0.603. The molecule has 4 rings (SSSR count). The Morgan fingerprint density at radius 3 is 2.71 bits per heavy atom. The van der Waals surface area contributed by atoms with Gasteiger partial charge in [-0.3, -0.25) is 4.79 Å². The van der Waals surface area contributed by atoms with Crippen LogP contribution in [-0.4, -0.2) is 15.9 Å². The van der Waals surface area contributed by atoms with Crippen LogP contribution in [0, 0.1) is 0 Å². The molecule has 1 atom stereocenters. The second-order valence-electron chi connectivity index (χ2n) is 5.47. The highest BCUT2D eigenvalue weighted by Crippen LogP contribution is 2.25. The number of H-pyrrole nitrogens is 1. The fourth-order valence-corrected chi connectivity index (χ4v) is 2.75. The number of nitrogens with one attached hydrogen (secondary N) is 2. The monoisotopic (exact) mass is 317 g/mol. The van der Waals surface area contributed by atoms with Gasteiger partial charge in [0.05, 0.1) is 29.7 Å². The minimum atomic E-state index is -0.281. The fourth-order valence-electron chi connectivity index (χ4n) is 2.75. The van der Waals surface area contributed by atoms with Crippen molar-refractivity contribution in [1.29, 1.82) is 0 Å². The van der Waals surface area contributed by atoms with Crippen molar-refractivity contribution in [2.24, 2.45) is 0 Å². The van der Waals surface area contributed by atoms with Crippen LogP contribution in [0.2, 0.25) is 0 Å². The topological polar surface area (TPSA) is 70.9 Å². The number of rotatable bonds is 4. The van der Waals surface area contributed by atoms with Crippen molar-refractivity contribution in [2.45, 2.75) is 6.04 Å². The van der Waals surface area contributed by atoms with Gasteiger partial charge in [0.15, 0.2) is 5.76 Å². The molecule has 0 aliphatic rings. The molecule has 2 aromatic carbocycles. The van der Waals surface area contributed by atoms with Crippen LogP contribution in [0.25, 0.3) is 11.0 Å². The molecule has 1 amide bonds. The van der Waals surface area contributed by atoms with Crippen LogP contribution < -0.4 is 5.32 Å². The van der Waals surface area contributed by atoms with Crippen LogP contribution in [0.5, 0.6) is 0 Å².